The predicted molar refractivity (Wildman–Crippen MR) is 73.6 cm³/mol. The van der Waals surface area contributed by atoms with Gasteiger partial charge in [-0.25, -0.2) is 0 Å². The molecule has 1 saturated carbocycles. The Hall–Kier alpha value is -1.12. The summed E-state index contributed by atoms with van der Waals surface area (Å²) in [6.07, 6.45) is 2.46. The molecule has 2 heteroatoms. The van der Waals surface area contributed by atoms with Gasteiger partial charge in [-0.3, -0.25) is 0 Å². The van der Waals surface area contributed by atoms with E-state index in [0.717, 1.165) is 18.9 Å². The van der Waals surface area contributed by atoms with E-state index in [1.54, 1.807) is 0 Å². The second-order valence-electron chi connectivity index (χ2n) is 4.64. The van der Waals surface area contributed by atoms with Gasteiger partial charge in [0.05, 0.1) is 0 Å². The zero-order valence-corrected chi connectivity index (χ0v) is 10.6. The molecule has 0 spiro atoms. The van der Waals surface area contributed by atoms with E-state index in [-0.39, 0.29) is 0 Å². The third kappa shape index (κ3) is 2.76. The Kier molecular flexibility index (Phi) is 3.25. The van der Waals surface area contributed by atoms with Gasteiger partial charge in [-0.05, 0) is 29.9 Å². The van der Waals surface area contributed by atoms with Crippen molar-refractivity contribution < 1.29 is 0 Å². The summed E-state index contributed by atoms with van der Waals surface area (Å²) in [5.74, 6) is 0.750. The van der Waals surface area contributed by atoms with Gasteiger partial charge in [0.2, 0.25) is 0 Å². The second-order valence-corrected chi connectivity index (χ2v) is 5.68. The molecule has 1 nitrogen and oxygen atoms in total. The van der Waals surface area contributed by atoms with Crippen molar-refractivity contribution in [3.8, 4) is 0 Å². The van der Waals surface area contributed by atoms with Crippen LogP contribution >= 0.6 is 11.3 Å². The van der Waals surface area contributed by atoms with Gasteiger partial charge >= 0.3 is 0 Å². The number of nitrogens with one attached hydrogen (secondary N) is 1. The van der Waals surface area contributed by atoms with Crippen LogP contribution in [0.4, 0.5) is 0 Å². The van der Waals surface area contributed by atoms with Crippen molar-refractivity contribution >= 4 is 11.3 Å². The van der Waals surface area contributed by atoms with Crippen LogP contribution in [-0.4, -0.2) is 12.6 Å². The first kappa shape index (κ1) is 11.0. The summed E-state index contributed by atoms with van der Waals surface area (Å²) in [6, 6.07) is 15.9. The SMILES string of the molecule is c1ccc(C2CC2NCCc2cccs2)cc1. The van der Waals surface area contributed by atoms with Gasteiger partial charge in [0.25, 0.3) is 0 Å². The first-order chi connectivity index (χ1) is 8.43. The van der Waals surface area contributed by atoms with Gasteiger partial charge in [0.1, 0.15) is 0 Å². The molecule has 0 aliphatic heterocycles. The lowest BCUT2D eigenvalue weighted by Crippen LogP contribution is -2.20. The smallest absolute Gasteiger partial charge is 0.0143 e. The third-order valence-electron chi connectivity index (χ3n) is 3.38. The average molecular weight is 243 g/mol. The topological polar surface area (TPSA) is 12.0 Å². The van der Waals surface area contributed by atoms with Crippen LogP contribution in [0.25, 0.3) is 0 Å². The van der Waals surface area contributed by atoms with Crippen LogP contribution in [0.15, 0.2) is 47.8 Å². The number of hydrogen-bond acceptors (Lipinski definition) is 2. The van der Waals surface area contributed by atoms with E-state index in [9.17, 15) is 0 Å². The Balaban J connectivity index is 1.44. The quantitative estimate of drug-likeness (QED) is 0.848. The molecule has 0 saturated heterocycles. The van der Waals surface area contributed by atoms with Crippen molar-refractivity contribution in [2.45, 2.75) is 24.8 Å². The number of rotatable bonds is 5. The molecule has 2 aromatic rings. The number of benzene rings is 1. The fourth-order valence-electron chi connectivity index (χ4n) is 2.32. The lowest BCUT2D eigenvalue weighted by Gasteiger charge is -2.03. The molecule has 1 N–H and O–H groups in total. The Labute approximate surface area is 106 Å². The molecule has 2 atom stereocenters. The molecule has 0 radical (unpaired) electrons. The van der Waals surface area contributed by atoms with E-state index in [1.165, 1.54) is 16.9 Å². The van der Waals surface area contributed by atoms with Gasteiger partial charge in [0.15, 0.2) is 0 Å². The van der Waals surface area contributed by atoms with Crippen molar-refractivity contribution in [2.75, 3.05) is 6.54 Å². The highest BCUT2D eigenvalue weighted by Gasteiger charge is 2.37. The minimum absolute atomic E-state index is 0.706. The van der Waals surface area contributed by atoms with Crippen molar-refractivity contribution in [1.82, 2.24) is 5.32 Å². The van der Waals surface area contributed by atoms with E-state index >= 15 is 0 Å². The normalized spacial score (nSPS) is 22.6. The van der Waals surface area contributed by atoms with Crippen molar-refractivity contribution in [3.05, 3.63) is 58.3 Å². The minimum Gasteiger partial charge on any atom is -0.313 e. The molecule has 17 heavy (non-hydrogen) atoms. The zero-order chi connectivity index (χ0) is 11.5. The molecule has 1 aliphatic rings. The molecule has 88 valence electrons. The molecule has 3 rings (SSSR count). The molecule has 1 aliphatic carbocycles. The summed E-state index contributed by atoms with van der Waals surface area (Å²) in [7, 11) is 0. The van der Waals surface area contributed by atoms with Crippen molar-refractivity contribution in [3.63, 3.8) is 0 Å². The molecule has 0 bridgehead atoms. The first-order valence-corrected chi connectivity index (χ1v) is 7.12. The molecule has 1 heterocycles. The van der Waals surface area contributed by atoms with Gasteiger partial charge in [-0.1, -0.05) is 36.4 Å². The average Bonchev–Trinajstić information content (AvgIpc) is 2.95. The first-order valence-electron chi connectivity index (χ1n) is 6.24. The summed E-state index contributed by atoms with van der Waals surface area (Å²) >= 11 is 1.85. The monoisotopic (exact) mass is 243 g/mol. The summed E-state index contributed by atoms with van der Waals surface area (Å²) in [5.41, 5.74) is 1.49. The van der Waals surface area contributed by atoms with Gasteiger partial charge in [0, 0.05) is 23.4 Å². The van der Waals surface area contributed by atoms with Crippen LogP contribution in [0.5, 0.6) is 0 Å². The summed E-state index contributed by atoms with van der Waals surface area (Å²) in [5, 5.41) is 5.80. The van der Waals surface area contributed by atoms with Crippen LogP contribution in [0, 0.1) is 0 Å². The summed E-state index contributed by atoms with van der Waals surface area (Å²) < 4.78 is 0. The van der Waals surface area contributed by atoms with Crippen molar-refractivity contribution in [1.29, 1.82) is 0 Å². The maximum absolute atomic E-state index is 3.65. The van der Waals surface area contributed by atoms with Gasteiger partial charge < -0.3 is 5.32 Å². The Morgan fingerprint density at radius 3 is 2.76 bits per heavy atom. The predicted octanol–water partition coefficient (Wildman–Crippen LogP) is 3.44. The van der Waals surface area contributed by atoms with Gasteiger partial charge in [-0.15, -0.1) is 11.3 Å². The highest BCUT2D eigenvalue weighted by Crippen LogP contribution is 2.40. The van der Waals surface area contributed by atoms with E-state index in [2.05, 4.69) is 53.2 Å². The highest BCUT2D eigenvalue weighted by atomic mass is 32.1. The van der Waals surface area contributed by atoms with Gasteiger partial charge in [-0.2, -0.15) is 0 Å². The van der Waals surface area contributed by atoms with E-state index in [4.69, 9.17) is 0 Å². The molecular formula is C15H17NS. The molecule has 2 unspecified atom stereocenters. The number of thiophene rings is 1. The lowest BCUT2D eigenvalue weighted by molar-refractivity contribution is 0.672. The highest BCUT2D eigenvalue weighted by molar-refractivity contribution is 7.09. The largest absolute Gasteiger partial charge is 0.313 e. The zero-order valence-electron chi connectivity index (χ0n) is 9.80. The number of hydrogen-bond donors (Lipinski definition) is 1. The molecular weight excluding hydrogens is 226 g/mol. The van der Waals surface area contributed by atoms with Crippen LogP contribution in [-0.2, 0) is 6.42 Å². The fourth-order valence-corrected chi connectivity index (χ4v) is 3.03. The Morgan fingerprint density at radius 2 is 2.00 bits per heavy atom. The van der Waals surface area contributed by atoms with Crippen LogP contribution in [0.1, 0.15) is 22.8 Å². The third-order valence-corrected chi connectivity index (χ3v) is 4.31. The molecule has 1 aromatic heterocycles. The standard InChI is InChI=1S/C15H17NS/c1-2-5-12(6-3-1)14-11-15(14)16-9-8-13-7-4-10-17-13/h1-7,10,14-16H,8-9,11H2. The Bertz CT molecular complexity index is 449. The van der Waals surface area contributed by atoms with Crippen LogP contribution in [0.3, 0.4) is 0 Å². The lowest BCUT2D eigenvalue weighted by atomic mass is 10.1. The summed E-state index contributed by atoms with van der Waals surface area (Å²) in [4.78, 5) is 1.48. The molecule has 1 fully saturated rings. The Morgan fingerprint density at radius 1 is 1.12 bits per heavy atom. The maximum Gasteiger partial charge on any atom is 0.0143 e. The van der Waals surface area contributed by atoms with E-state index < -0.39 is 0 Å². The summed E-state index contributed by atoms with van der Waals surface area (Å²) in [6.45, 7) is 1.11. The van der Waals surface area contributed by atoms with E-state index in [0.29, 0.717) is 6.04 Å². The van der Waals surface area contributed by atoms with Crippen LogP contribution < -0.4 is 5.32 Å². The van der Waals surface area contributed by atoms with Crippen LogP contribution in [0.2, 0.25) is 0 Å². The fraction of sp³-hybridized carbons (Fsp3) is 0.333. The van der Waals surface area contributed by atoms with Crippen molar-refractivity contribution in [2.24, 2.45) is 0 Å². The second kappa shape index (κ2) is 5.03. The maximum atomic E-state index is 3.65. The molecule has 1 aromatic carbocycles. The van der Waals surface area contributed by atoms with E-state index in [1.807, 2.05) is 11.3 Å². The minimum atomic E-state index is 0.706. The molecule has 0 amide bonds.